The number of hydrogen-bond acceptors (Lipinski definition) is 4. The largest absolute Gasteiger partial charge is 0.359 e. The molecule has 1 N–H and O–H groups in total. The predicted octanol–water partition coefficient (Wildman–Crippen LogP) is 2.22. The van der Waals surface area contributed by atoms with Gasteiger partial charge in [0.2, 0.25) is 5.91 Å². The second-order valence-electron chi connectivity index (χ2n) is 5.44. The number of halogens is 1. The number of nitrogens with zero attached hydrogens (tertiary/aromatic N) is 3. The van der Waals surface area contributed by atoms with Gasteiger partial charge in [0.15, 0.2) is 0 Å². The van der Waals surface area contributed by atoms with E-state index in [2.05, 4.69) is 20.2 Å². The fourth-order valence-electron chi connectivity index (χ4n) is 2.42. The molecule has 0 unspecified atom stereocenters. The van der Waals surface area contributed by atoms with Gasteiger partial charge in [-0.15, -0.1) is 0 Å². The number of hydrogen-bond donors (Lipinski definition) is 1. The highest BCUT2D eigenvalue weighted by Gasteiger charge is 2.25. The fraction of sp³-hybridized carbons (Fsp3) is 0.643. The van der Waals surface area contributed by atoms with E-state index in [-0.39, 0.29) is 17.7 Å². The van der Waals surface area contributed by atoms with Crippen molar-refractivity contribution < 1.29 is 4.79 Å². The molecule has 0 atom stereocenters. The molecule has 6 heteroatoms. The van der Waals surface area contributed by atoms with Crippen LogP contribution in [0, 0.1) is 5.92 Å². The highest BCUT2D eigenvalue weighted by Crippen LogP contribution is 2.25. The second kappa shape index (κ2) is 6.39. The quantitative estimate of drug-likeness (QED) is 0.869. The van der Waals surface area contributed by atoms with Crippen molar-refractivity contribution in [3.8, 4) is 0 Å². The molecule has 1 aliphatic rings. The first-order valence-corrected chi connectivity index (χ1v) is 7.40. The van der Waals surface area contributed by atoms with E-state index >= 15 is 0 Å². The zero-order chi connectivity index (χ0) is 14.7. The van der Waals surface area contributed by atoms with E-state index in [9.17, 15) is 4.79 Å². The zero-order valence-corrected chi connectivity index (χ0v) is 12.9. The van der Waals surface area contributed by atoms with Crippen molar-refractivity contribution >= 4 is 23.3 Å². The van der Waals surface area contributed by atoms with Crippen LogP contribution in [0.25, 0.3) is 0 Å². The van der Waals surface area contributed by atoms with E-state index < -0.39 is 0 Å². The van der Waals surface area contributed by atoms with Gasteiger partial charge in [-0.25, -0.2) is 9.97 Å². The van der Waals surface area contributed by atoms with E-state index in [4.69, 9.17) is 11.6 Å². The van der Waals surface area contributed by atoms with Gasteiger partial charge in [0, 0.05) is 38.0 Å². The Hall–Kier alpha value is -1.36. The molecule has 1 aromatic rings. The number of anilines is 1. The minimum Gasteiger partial charge on any atom is -0.359 e. The molecule has 20 heavy (non-hydrogen) atoms. The SMILES string of the molecule is CNC(=O)C1CCN(c2cc(Cl)nc(C(C)C)n2)CC1. The summed E-state index contributed by atoms with van der Waals surface area (Å²) in [6.45, 7) is 5.74. The van der Waals surface area contributed by atoms with Gasteiger partial charge in [-0.1, -0.05) is 25.4 Å². The van der Waals surface area contributed by atoms with Gasteiger partial charge in [0.05, 0.1) is 0 Å². The van der Waals surface area contributed by atoms with E-state index in [1.807, 2.05) is 13.8 Å². The Bertz CT molecular complexity index is 484. The molecule has 0 bridgehead atoms. The van der Waals surface area contributed by atoms with Gasteiger partial charge in [0.25, 0.3) is 0 Å². The van der Waals surface area contributed by atoms with Crippen LogP contribution in [0.5, 0.6) is 0 Å². The number of piperidine rings is 1. The van der Waals surface area contributed by atoms with Crippen LogP contribution in [0.2, 0.25) is 5.15 Å². The minimum absolute atomic E-state index is 0.109. The van der Waals surface area contributed by atoms with E-state index in [0.717, 1.165) is 37.6 Å². The highest BCUT2D eigenvalue weighted by atomic mass is 35.5. The maximum absolute atomic E-state index is 11.6. The number of rotatable bonds is 3. The average molecular weight is 297 g/mol. The molecule has 0 aromatic carbocycles. The van der Waals surface area contributed by atoms with Crippen molar-refractivity contribution in [2.45, 2.75) is 32.6 Å². The van der Waals surface area contributed by atoms with Crippen LogP contribution in [0.1, 0.15) is 38.4 Å². The van der Waals surface area contributed by atoms with Crippen LogP contribution in [0.3, 0.4) is 0 Å². The molecular weight excluding hydrogens is 276 g/mol. The second-order valence-corrected chi connectivity index (χ2v) is 5.82. The molecule has 1 aliphatic heterocycles. The molecule has 0 spiro atoms. The summed E-state index contributed by atoms with van der Waals surface area (Å²) in [6, 6.07) is 1.80. The fourth-order valence-corrected chi connectivity index (χ4v) is 2.60. The number of amides is 1. The van der Waals surface area contributed by atoms with Gasteiger partial charge in [-0.2, -0.15) is 0 Å². The zero-order valence-electron chi connectivity index (χ0n) is 12.2. The third-order valence-corrected chi connectivity index (χ3v) is 3.84. The maximum atomic E-state index is 11.6. The van der Waals surface area contributed by atoms with Gasteiger partial charge in [0.1, 0.15) is 16.8 Å². The lowest BCUT2D eigenvalue weighted by Crippen LogP contribution is -2.40. The number of aromatic nitrogens is 2. The molecule has 0 radical (unpaired) electrons. The number of carbonyl (C=O) groups is 1. The van der Waals surface area contributed by atoms with E-state index in [1.165, 1.54) is 0 Å². The average Bonchev–Trinajstić information content (AvgIpc) is 2.46. The van der Waals surface area contributed by atoms with Crippen LogP contribution >= 0.6 is 11.6 Å². The summed E-state index contributed by atoms with van der Waals surface area (Å²) in [6.07, 6.45) is 1.69. The molecule has 1 fully saturated rings. The molecule has 5 nitrogen and oxygen atoms in total. The smallest absolute Gasteiger partial charge is 0.222 e. The Morgan fingerprint density at radius 3 is 2.60 bits per heavy atom. The molecule has 0 saturated carbocycles. The Balaban J connectivity index is 2.09. The van der Waals surface area contributed by atoms with E-state index in [0.29, 0.717) is 5.15 Å². The molecule has 1 aromatic heterocycles. The van der Waals surface area contributed by atoms with Crippen molar-refractivity contribution in [2.24, 2.45) is 5.92 Å². The lowest BCUT2D eigenvalue weighted by molar-refractivity contribution is -0.125. The van der Waals surface area contributed by atoms with Crippen molar-refractivity contribution in [3.05, 3.63) is 17.0 Å². The first-order valence-electron chi connectivity index (χ1n) is 7.02. The first-order chi connectivity index (χ1) is 9.51. The van der Waals surface area contributed by atoms with Gasteiger partial charge < -0.3 is 10.2 Å². The molecule has 1 amide bonds. The van der Waals surface area contributed by atoms with Crippen molar-refractivity contribution in [2.75, 3.05) is 25.0 Å². The summed E-state index contributed by atoms with van der Waals surface area (Å²) in [4.78, 5) is 22.6. The summed E-state index contributed by atoms with van der Waals surface area (Å²) >= 11 is 6.07. The normalized spacial score (nSPS) is 16.6. The minimum atomic E-state index is 0.109. The summed E-state index contributed by atoms with van der Waals surface area (Å²) in [5.74, 6) is 2.12. The number of carbonyl (C=O) groups excluding carboxylic acids is 1. The van der Waals surface area contributed by atoms with Crippen molar-refractivity contribution in [1.29, 1.82) is 0 Å². The van der Waals surface area contributed by atoms with E-state index in [1.54, 1.807) is 13.1 Å². The van der Waals surface area contributed by atoms with Crippen LogP contribution in [0.4, 0.5) is 5.82 Å². The van der Waals surface area contributed by atoms with Crippen LogP contribution in [0.15, 0.2) is 6.07 Å². The number of nitrogens with one attached hydrogen (secondary N) is 1. The van der Waals surface area contributed by atoms with Gasteiger partial charge >= 0.3 is 0 Å². The highest BCUT2D eigenvalue weighted by molar-refractivity contribution is 6.29. The third kappa shape index (κ3) is 3.39. The molecule has 2 heterocycles. The van der Waals surface area contributed by atoms with Crippen LogP contribution < -0.4 is 10.2 Å². The Morgan fingerprint density at radius 2 is 2.05 bits per heavy atom. The van der Waals surface area contributed by atoms with Gasteiger partial charge in [-0.3, -0.25) is 4.79 Å². The third-order valence-electron chi connectivity index (χ3n) is 3.65. The molecular formula is C14H21ClN4O. The topological polar surface area (TPSA) is 58.1 Å². The molecule has 1 saturated heterocycles. The van der Waals surface area contributed by atoms with Crippen LogP contribution in [-0.2, 0) is 4.79 Å². The van der Waals surface area contributed by atoms with Crippen molar-refractivity contribution in [3.63, 3.8) is 0 Å². The molecule has 110 valence electrons. The Labute approximate surface area is 124 Å². The lowest BCUT2D eigenvalue weighted by Gasteiger charge is -2.32. The Morgan fingerprint density at radius 1 is 1.40 bits per heavy atom. The first kappa shape index (κ1) is 15.0. The standard InChI is InChI=1S/C14H21ClN4O/c1-9(2)13-17-11(15)8-12(18-13)19-6-4-10(5-7-19)14(20)16-3/h8-10H,4-7H2,1-3H3,(H,16,20). The summed E-state index contributed by atoms with van der Waals surface area (Å²) in [5.41, 5.74) is 0. The molecule has 2 rings (SSSR count). The monoisotopic (exact) mass is 296 g/mol. The Kier molecular flexibility index (Phi) is 4.81. The molecule has 0 aliphatic carbocycles. The summed E-state index contributed by atoms with van der Waals surface area (Å²) in [7, 11) is 1.69. The lowest BCUT2D eigenvalue weighted by atomic mass is 9.96. The predicted molar refractivity (Wildman–Crippen MR) is 80.1 cm³/mol. The van der Waals surface area contributed by atoms with Crippen molar-refractivity contribution in [1.82, 2.24) is 15.3 Å². The summed E-state index contributed by atoms with van der Waals surface area (Å²) < 4.78 is 0. The maximum Gasteiger partial charge on any atom is 0.222 e. The summed E-state index contributed by atoms with van der Waals surface area (Å²) in [5, 5.41) is 3.20. The van der Waals surface area contributed by atoms with Gasteiger partial charge in [-0.05, 0) is 12.8 Å². The van der Waals surface area contributed by atoms with Crippen LogP contribution in [-0.4, -0.2) is 36.0 Å².